The second-order valence-corrected chi connectivity index (χ2v) is 6.65. The van der Waals surface area contributed by atoms with Gasteiger partial charge in [0.1, 0.15) is 0 Å². The van der Waals surface area contributed by atoms with E-state index < -0.39 is 5.91 Å². The lowest BCUT2D eigenvalue weighted by molar-refractivity contribution is 0.0954. The summed E-state index contributed by atoms with van der Waals surface area (Å²) in [5, 5.41) is 2.91. The zero-order valence-corrected chi connectivity index (χ0v) is 13.0. The van der Waals surface area contributed by atoms with Gasteiger partial charge in [0.25, 0.3) is 5.91 Å². The lowest BCUT2D eigenvalue weighted by atomic mass is 9.99. The van der Waals surface area contributed by atoms with Crippen LogP contribution < -0.4 is 11.1 Å². The van der Waals surface area contributed by atoms with E-state index in [0.717, 1.165) is 23.3 Å². The highest BCUT2D eigenvalue weighted by Gasteiger charge is 2.17. The Morgan fingerprint density at radius 1 is 1.18 bits per heavy atom. The molecule has 0 radical (unpaired) electrons. The second-order valence-electron chi connectivity index (χ2n) is 5.51. The topological polar surface area (TPSA) is 72.2 Å². The molecule has 114 valence electrons. The first-order valence-electron chi connectivity index (χ1n) is 7.42. The number of rotatable bonds is 4. The van der Waals surface area contributed by atoms with Crippen LogP contribution in [0.2, 0.25) is 0 Å². The van der Waals surface area contributed by atoms with Gasteiger partial charge in [0, 0.05) is 17.0 Å². The molecule has 22 heavy (non-hydrogen) atoms. The first-order chi connectivity index (χ1) is 10.6. The first kappa shape index (κ1) is 14.8. The molecule has 5 heteroatoms. The maximum absolute atomic E-state index is 12.3. The molecular weight excluding hydrogens is 296 g/mol. The molecule has 1 aromatic carbocycles. The highest BCUT2D eigenvalue weighted by atomic mass is 32.1. The predicted molar refractivity (Wildman–Crippen MR) is 87.1 cm³/mol. The van der Waals surface area contributed by atoms with Crippen LogP contribution in [0, 0.1) is 0 Å². The predicted octanol–water partition coefficient (Wildman–Crippen LogP) is 2.66. The molecule has 3 rings (SSSR count). The van der Waals surface area contributed by atoms with Crippen molar-refractivity contribution >= 4 is 23.2 Å². The van der Waals surface area contributed by atoms with Gasteiger partial charge in [-0.2, -0.15) is 0 Å². The zero-order chi connectivity index (χ0) is 15.5. The summed E-state index contributed by atoms with van der Waals surface area (Å²) in [5.41, 5.74) is 7.92. The zero-order valence-electron chi connectivity index (χ0n) is 12.2. The molecule has 0 fully saturated rings. The summed E-state index contributed by atoms with van der Waals surface area (Å²) in [7, 11) is 0. The Morgan fingerprint density at radius 2 is 2.00 bits per heavy atom. The molecule has 0 saturated carbocycles. The Balaban J connectivity index is 1.66. The minimum atomic E-state index is -0.459. The lowest BCUT2D eigenvalue weighted by Crippen LogP contribution is -2.22. The summed E-state index contributed by atoms with van der Waals surface area (Å²) in [6.07, 6.45) is 4.60. The van der Waals surface area contributed by atoms with Crippen molar-refractivity contribution < 1.29 is 9.59 Å². The van der Waals surface area contributed by atoms with E-state index in [2.05, 4.69) is 5.32 Å². The molecule has 1 aliphatic rings. The first-order valence-corrected chi connectivity index (χ1v) is 8.23. The number of thiophene rings is 1. The molecule has 1 heterocycles. The van der Waals surface area contributed by atoms with Crippen LogP contribution in [0.4, 0.5) is 0 Å². The molecule has 0 unspecified atom stereocenters. The van der Waals surface area contributed by atoms with Crippen molar-refractivity contribution in [3.8, 4) is 0 Å². The van der Waals surface area contributed by atoms with Gasteiger partial charge in [0.15, 0.2) is 0 Å². The smallest absolute Gasteiger partial charge is 0.261 e. The number of nitrogens with one attached hydrogen (secondary N) is 1. The van der Waals surface area contributed by atoms with Gasteiger partial charge in [0.2, 0.25) is 5.91 Å². The van der Waals surface area contributed by atoms with Crippen molar-refractivity contribution in [2.75, 3.05) is 0 Å². The number of carbonyl (C=O) groups is 2. The van der Waals surface area contributed by atoms with E-state index in [1.807, 2.05) is 12.1 Å². The standard InChI is InChI=1S/C17H18N2O2S/c18-16(20)13-6-3-4-11(8-13)10-19-17(21)15-9-12-5-1-2-7-14(12)22-15/h3-4,6,8-9H,1-2,5,7,10H2,(H2,18,20)(H,19,21). The molecule has 1 aliphatic carbocycles. The van der Waals surface area contributed by atoms with E-state index >= 15 is 0 Å². The number of hydrogen-bond acceptors (Lipinski definition) is 3. The van der Waals surface area contributed by atoms with Crippen LogP contribution in [-0.2, 0) is 19.4 Å². The van der Waals surface area contributed by atoms with E-state index in [9.17, 15) is 9.59 Å². The number of aryl methyl sites for hydroxylation is 2. The van der Waals surface area contributed by atoms with Crippen molar-refractivity contribution in [3.63, 3.8) is 0 Å². The third-order valence-corrected chi connectivity index (χ3v) is 5.12. The third kappa shape index (κ3) is 3.20. The number of hydrogen-bond donors (Lipinski definition) is 2. The number of nitrogens with two attached hydrogens (primary N) is 1. The highest BCUT2D eigenvalue weighted by molar-refractivity contribution is 7.14. The van der Waals surface area contributed by atoms with E-state index in [0.29, 0.717) is 12.1 Å². The van der Waals surface area contributed by atoms with Gasteiger partial charge in [-0.3, -0.25) is 9.59 Å². The van der Waals surface area contributed by atoms with Crippen LogP contribution in [0.15, 0.2) is 30.3 Å². The Labute approximate surface area is 133 Å². The highest BCUT2D eigenvalue weighted by Crippen LogP contribution is 2.29. The van der Waals surface area contributed by atoms with Crippen molar-refractivity contribution in [1.82, 2.24) is 5.32 Å². The average Bonchev–Trinajstić information content (AvgIpc) is 2.97. The largest absolute Gasteiger partial charge is 0.366 e. The van der Waals surface area contributed by atoms with Crippen LogP contribution in [0.1, 0.15) is 48.9 Å². The van der Waals surface area contributed by atoms with Crippen molar-refractivity contribution in [3.05, 3.63) is 56.8 Å². The van der Waals surface area contributed by atoms with Crippen LogP contribution >= 0.6 is 11.3 Å². The molecule has 0 atom stereocenters. The van der Waals surface area contributed by atoms with E-state index in [4.69, 9.17) is 5.73 Å². The molecular formula is C17H18N2O2S. The quantitative estimate of drug-likeness (QED) is 0.910. The monoisotopic (exact) mass is 314 g/mol. The van der Waals surface area contributed by atoms with Gasteiger partial charge in [-0.15, -0.1) is 11.3 Å². The van der Waals surface area contributed by atoms with Crippen molar-refractivity contribution in [2.45, 2.75) is 32.2 Å². The molecule has 1 aromatic heterocycles. The molecule has 3 N–H and O–H groups in total. The summed E-state index contributed by atoms with van der Waals surface area (Å²) in [5.74, 6) is -0.511. The minimum absolute atomic E-state index is 0.0520. The van der Waals surface area contributed by atoms with Gasteiger partial charge in [-0.25, -0.2) is 0 Å². The Kier molecular flexibility index (Phi) is 4.24. The summed E-state index contributed by atoms with van der Waals surface area (Å²) < 4.78 is 0. The molecule has 2 aromatic rings. The van der Waals surface area contributed by atoms with E-state index in [1.165, 1.54) is 23.3 Å². The molecule has 0 aliphatic heterocycles. The molecule has 4 nitrogen and oxygen atoms in total. The molecule has 2 amide bonds. The van der Waals surface area contributed by atoms with E-state index in [-0.39, 0.29) is 5.91 Å². The fourth-order valence-electron chi connectivity index (χ4n) is 2.71. The normalized spacial score (nSPS) is 13.5. The number of benzene rings is 1. The van der Waals surface area contributed by atoms with Crippen LogP contribution in [0.25, 0.3) is 0 Å². The summed E-state index contributed by atoms with van der Waals surface area (Å²) >= 11 is 1.60. The van der Waals surface area contributed by atoms with Crippen molar-refractivity contribution in [1.29, 1.82) is 0 Å². The molecule has 0 bridgehead atoms. The van der Waals surface area contributed by atoms with Crippen LogP contribution in [0.5, 0.6) is 0 Å². The lowest BCUT2D eigenvalue weighted by Gasteiger charge is -2.08. The Morgan fingerprint density at radius 3 is 2.77 bits per heavy atom. The van der Waals surface area contributed by atoms with E-state index in [1.54, 1.807) is 29.5 Å². The van der Waals surface area contributed by atoms with Gasteiger partial charge >= 0.3 is 0 Å². The third-order valence-electron chi connectivity index (χ3n) is 3.88. The van der Waals surface area contributed by atoms with Gasteiger partial charge in [-0.1, -0.05) is 12.1 Å². The number of amides is 2. The fraction of sp³-hybridized carbons (Fsp3) is 0.294. The van der Waals surface area contributed by atoms with Gasteiger partial charge in [0.05, 0.1) is 4.88 Å². The number of carbonyl (C=O) groups excluding carboxylic acids is 2. The second kappa shape index (κ2) is 6.32. The maximum atomic E-state index is 12.3. The number of fused-ring (bicyclic) bond motifs is 1. The minimum Gasteiger partial charge on any atom is -0.366 e. The Bertz CT molecular complexity index is 698. The van der Waals surface area contributed by atoms with Gasteiger partial charge in [-0.05, 0) is 55.0 Å². The maximum Gasteiger partial charge on any atom is 0.261 e. The summed E-state index contributed by atoms with van der Waals surface area (Å²) in [4.78, 5) is 25.6. The summed E-state index contributed by atoms with van der Waals surface area (Å²) in [6.45, 7) is 0.391. The SMILES string of the molecule is NC(=O)c1cccc(CNC(=O)c2cc3c(s2)CCCC3)c1. The average molecular weight is 314 g/mol. The van der Waals surface area contributed by atoms with Crippen molar-refractivity contribution in [2.24, 2.45) is 5.73 Å². The number of primary amides is 1. The fourth-order valence-corrected chi connectivity index (χ4v) is 3.88. The van der Waals surface area contributed by atoms with Crippen LogP contribution in [0.3, 0.4) is 0 Å². The summed E-state index contributed by atoms with van der Waals surface area (Å²) in [6, 6.07) is 9.04. The van der Waals surface area contributed by atoms with Crippen LogP contribution in [-0.4, -0.2) is 11.8 Å². The molecule has 0 spiro atoms. The Hall–Kier alpha value is -2.14. The van der Waals surface area contributed by atoms with Gasteiger partial charge < -0.3 is 11.1 Å². The molecule has 0 saturated heterocycles.